The van der Waals surface area contributed by atoms with Gasteiger partial charge in [-0.15, -0.1) is 0 Å². The van der Waals surface area contributed by atoms with Crippen molar-refractivity contribution in [3.63, 3.8) is 0 Å². The molecule has 1 heterocycles. The van der Waals surface area contributed by atoms with Crippen LogP contribution < -0.4 is 15.4 Å². The van der Waals surface area contributed by atoms with Gasteiger partial charge in [0.25, 0.3) is 0 Å². The molecule has 0 radical (unpaired) electrons. The SMILES string of the molecule is O=C(Nc1cccc2c[n+]([O-])ccc12)NC1CCc2cc(F)ccc2C1Cc1ccccc1. The average Bonchev–Trinajstić information content (AvgIpc) is 2.81. The molecule has 0 saturated carbocycles. The van der Waals surface area contributed by atoms with Gasteiger partial charge in [-0.25, -0.2) is 9.18 Å². The Labute approximate surface area is 191 Å². The highest BCUT2D eigenvalue weighted by Crippen LogP contribution is 2.35. The maximum atomic E-state index is 13.8. The molecule has 0 saturated heterocycles. The van der Waals surface area contributed by atoms with Crippen LogP contribution >= 0.6 is 0 Å². The smallest absolute Gasteiger partial charge is 0.319 e. The monoisotopic (exact) mass is 441 g/mol. The number of urea groups is 1. The molecular formula is C27H24FN3O2. The second-order valence-corrected chi connectivity index (χ2v) is 8.50. The van der Waals surface area contributed by atoms with Crippen molar-refractivity contribution < 1.29 is 13.9 Å². The minimum Gasteiger partial charge on any atom is -0.619 e. The van der Waals surface area contributed by atoms with Crippen molar-refractivity contribution in [2.24, 2.45) is 0 Å². The lowest BCUT2D eigenvalue weighted by molar-refractivity contribution is -0.603. The summed E-state index contributed by atoms with van der Waals surface area (Å²) in [6, 6.07) is 21.9. The third kappa shape index (κ3) is 4.51. The highest BCUT2D eigenvalue weighted by molar-refractivity contribution is 6.01. The van der Waals surface area contributed by atoms with Crippen LogP contribution in [0.3, 0.4) is 0 Å². The average molecular weight is 442 g/mol. The molecule has 0 bridgehead atoms. The zero-order chi connectivity index (χ0) is 22.8. The molecule has 33 heavy (non-hydrogen) atoms. The van der Waals surface area contributed by atoms with E-state index in [1.807, 2.05) is 42.5 Å². The number of rotatable bonds is 4. The van der Waals surface area contributed by atoms with Crippen LogP contribution in [0.5, 0.6) is 0 Å². The molecule has 2 amide bonds. The fourth-order valence-electron chi connectivity index (χ4n) is 4.82. The number of aromatic nitrogens is 1. The number of benzene rings is 3. The summed E-state index contributed by atoms with van der Waals surface area (Å²) in [6.07, 6.45) is 5.08. The Kier molecular flexibility index (Phi) is 5.65. The normalized spacial score (nSPS) is 17.4. The molecule has 0 fully saturated rings. The first-order valence-electron chi connectivity index (χ1n) is 11.1. The Morgan fingerprint density at radius 2 is 1.91 bits per heavy atom. The number of aryl methyl sites for hydroxylation is 1. The topological polar surface area (TPSA) is 68.1 Å². The zero-order valence-electron chi connectivity index (χ0n) is 18.0. The van der Waals surface area contributed by atoms with Gasteiger partial charge >= 0.3 is 6.03 Å². The fourth-order valence-corrected chi connectivity index (χ4v) is 4.82. The van der Waals surface area contributed by atoms with E-state index < -0.39 is 0 Å². The van der Waals surface area contributed by atoms with Crippen LogP contribution in [0.2, 0.25) is 0 Å². The van der Waals surface area contributed by atoms with Gasteiger partial charge in [-0.1, -0.05) is 42.5 Å². The van der Waals surface area contributed by atoms with Crippen LogP contribution in [0.1, 0.15) is 29.0 Å². The summed E-state index contributed by atoms with van der Waals surface area (Å²) in [4.78, 5) is 13.0. The number of amides is 2. The fraction of sp³-hybridized carbons (Fsp3) is 0.185. The summed E-state index contributed by atoms with van der Waals surface area (Å²) in [5.41, 5.74) is 3.91. The van der Waals surface area contributed by atoms with E-state index in [1.54, 1.807) is 12.1 Å². The number of carbonyl (C=O) groups excluding carboxylic acids is 1. The van der Waals surface area contributed by atoms with Crippen LogP contribution in [0.15, 0.2) is 85.2 Å². The second-order valence-electron chi connectivity index (χ2n) is 8.50. The molecule has 4 aromatic rings. The van der Waals surface area contributed by atoms with Crippen molar-refractivity contribution in [3.8, 4) is 0 Å². The Hall–Kier alpha value is -3.93. The van der Waals surface area contributed by atoms with Crippen LogP contribution in [-0.2, 0) is 12.8 Å². The minimum absolute atomic E-state index is 0.0365. The molecular weight excluding hydrogens is 417 g/mol. The molecule has 0 aliphatic heterocycles. The summed E-state index contributed by atoms with van der Waals surface area (Å²) in [5.74, 6) is -0.193. The third-order valence-corrected chi connectivity index (χ3v) is 6.37. The molecule has 2 atom stereocenters. The summed E-state index contributed by atoms with van der Waals surface area (Å²) in [5, 5.41) is 19.2. The number of halogens is 1. The van der Waals surface area contributed by atoms with E-state index in [1.165, 1.54) is 24.0 Å². The van der Waals surface area contributed by atoms with E-state index in [4.69, 9.17) is 0 Å². The number of carbonyl (C=O) groups is 1. The standard InChI is InChI=1S/C27H24FN3O2/c28-21-10-11-22-19(16-21)9-12-26(24(22)15-18-5-2-1-3-6-18)30-27(32)29-25-8-4-7-20-17-31(33)14-13-23(20)25/h1-8,10-11,13-14,16-17,24,26H,9,12,15H2,(H2,29,30,32). The molecule has 3 aromatic carbocycles. The van der Waals surface area contributed by atoms with Crippen molar-refractivity contribution in [3.05, 3.63) is 113 Å². The van der Waals surface area contributed by atoms with E-state index >= 15 is 0 Å². The second kappa shape index (κ2) is 8.90. The number of hydrogen-bond donors (Lipinski definition) is 2. The van der Waals surface area contributed by atoms with Gasteiger partial charge in [0.1, 0.15) is 5.82 Å². The summed E-state index contributed by atoms with van der Waals surface area (Å²) < 4.78 is 14.6. The molecule has 5 rings (SSSR count). The number of nitrogens with one attached hydrogen (secondary N) is 2. The Morgan fingerprint density at radius 3 is 2.76 bits per heavy atom. The molecule has 5 nitrogen and oxygen atoms in total. The van der Waals surface area contributed by atoms with E-state index in [-0.39, 0.29) is 23.8 Å². The molecule has 1 aliphatic rings. The number of nitrogens with zero attached hydrogens (tertiary/aromatic N) is 1. The molecule has 1 aliphatic carbocycles. The predicted molar refractivity (Wildman–Crippen MR) is 126 cm³/mol. The maximum absolute atomic E-state index is 13.8. The quantitative estimate of drug-likeness (QED) is 0.343. The maximum Gasteiger partial charge on any atom is 0.319 e. The largest absolute Gasteiger partial charge is 0.619 e. The van der Waals surface area contributed by atoms with Crippen LogP contribution in [0.4, 0.5) is 14.9 Å². The molecule has 0 spiro atoms. The van der Waals surface area contributed by atoms with Crippen LogP contribution in [0, 0.1) is 11.0 Å². The number of hydrogen-bond acceptors (Lipinski definition) is 2. The molecule has 2 N–H and O–H groups in total. The number of pyridine rings is 1. The summed E-state index contributed by atoms with van der Waals surface area (Å²) in [7, 11) is 0. The first-order chi connectivity index (χ1) is 16.1. The first-order valence-corrected chi connectivity index (χ1v) is 11.1. The number of anilines is 1. The highest BCUT2D eigenvalue weighted by atomic mass is 19.1. The lowest BCUT2D eigenvalue weighted by Crippen LogP contribution is -2.44. The van der Waals surface area contributed by atoms with Crippen molar-refractivity contribution in [2.45, 2.75) is 31.2 Å². The van der Waals surface area contributed by atoms with Gasteiger partial charge in [-0.2, -0.15) is 4.73 Å². The Bertz CT molecular complexity index is 1310. The zero-order valence-corrected chi connectivity index (χ0v) is 18.0. The lowest BCUT2D eigenvalue weighted by Gasteiger charge is -2.34. The molecule has 1 aromatic heterocycles. The van der Waals surface area contributed by atoms with Crippen molar-refractivity contribution in [1.82, 2.24) is 5.32 Å². The van der Waals surface area contributed by atoms with Crippen molar-refractivity contribution in [1.29, 1.82) is 0 Å². The predicted octanol–water partition coefficient (Wildman–Crippen LogP) is 5.08. The Morgan fingerprint density at radius 1 is 1.06 bits per heavy atom. The van der Waals surface area contributed by atoms with Gasteiger partial charge in [0.2, 0.25) is 0 Å². The van der Waals surface area contributed by atoms with Gasteiger partial charge in [-0.05, 0) is 60.2 Å². The molecule has 6 heteroatoms. The third-order valence-electron chi connectivity index (χ3n) is 6.37. The van der Waals surface area contributed by atoms with Gasteiger partial charge < -0.3 is 15.8 Å². The van der Waals surface area contributed by atoms with Gasteiger partial charge in [0.05, 0.1) is 5.69 Å². The lowest BCUT2D eigenvalue weighted by atomic mass is 9.76. The highest BCUT2D eigenvalue weighted by Gasteiger charge is 2.31. The Balaban J connectivity index is 1.39. The van der Waals surface area contributed by atoms with Crippen molar-refractivity contribution >= 4 is 22.5 Å². The van der Waals surface area contributed by atoms with Gasteiger partial charge in [-0.3, -0.25) is 0 Å². The number of fused-ring (bicyclic) bond motifs is 2. The first kappa shape index (κ1) is 20.9. The molecule has 166 valence electrons. The van der Waals surface area contributed by atoms with E-state index in [9.17, 15) is 14.4 Å². The van der Waals surface area contributed by atoms with Gasteiger partial charge in [0, 0.05) is 28.8 Å². The summed E-state index contributed by atoms with van der Waals surface area (Å²) >= 11 is 0. The van der Waals surface area contributed by atoms with E-state index in [0.29, 0.717) is 12.1 Å². The van der Waals surface area contributed by atoms with Crippen LogP contribution in [-0.4, -0.2) is 12.1 Å². The van der Waals surface area contributed by atoms with E-state index in [0.717, 1.165) is 39.5 Å². The van der Waals surface area contributed by atoms with Gasteiger partial charge in [0.15, 0.2) is 12.4 Å². The van der Waals surface area contributed by atoms with Crippen LogP contribution in [0.25, 0.3) is 10.8 Å². The molecule has 2 unspecified atom stereocenters. The van der Waals surface area contributed by atoms with Crippen molar-refractivity contribution in [2.75, 3.05) is 5.32 Å². The minimum atomic E-state index is -0.296. The summed E-state index contributed by atoms with van der Waals surface area (Å²) in [6.45, 7) is 0. The van der Waals surface area contributed by atoms with E-state index in [2.05, 4.69) is 22.8 Å².